The van der Waals surface area contributed by atoms with Gasteiger partial charge in [0.25, 0.3) is 5.56 Å². The molecule has 1 amide bonds. The van der Waals surface area contributed by atoms with E-state index < -0.39 is 29.2 Å². The molecule has 1 aromatic carbocycles. The Balaban J connectivity index is 2.57. The Kier molecular flexibility index (Phi) is 9.97. The zero-order chi connectivity index (χ0) is 27.2. The quantitative estimate of drug-likeness (QED) is 0.356. The number of aromatic nitrogens is 2. The van der Waals surface area contributed by atoms with E-state index in [9.17, 15) is 23.9 Å². The van der Waals surface area contributed by atoms with Gasteiger partial charge in [0.05, 0.1) is 31.5 Å². The third-order valence-corrected chi connectivity index (χ3v) is 5.32. The Morgan fingerprint density at radius 1 is 1.17 bits per heavy atom. The Hall–Kier alpha value is -3.47. The monoisotopic (exact) mass is 506 g/mol. The molecule has 0 aliphatic carbocycles. The van der Waals surface area contributed by atoms with Crippen LogP contribution in [0.4, 0.5) is 4.39 Å². The number of benzene rings is 1. The number of rotatable bonds is 11. The van der Waals surface area contributed by atoms with Gasteiger partial charge in [0.15, 0.2) is 0 Å². The summed E-state index contributed by atoms with van der Waals surface area (Å²) in [4.78, 5) is 43.9. The van der Waals surface area contributed by atoms with Gasteiger partial charge in [-0.25, -0.2) is 9.18 Å². The van der Waals surface area contributed by atoms with Gasteiger partial charge in [-0.15, -0.1) is 0 Å². The summed E-state index contributed by atoms with van der Waals surface area (Å²) >= 11 is 0. The Morgan fingerprint density at radius 2 is 1.83 bits per heavy atom. The molecule has 0 fully saturated rings. The number of carbonyl (C=O) groups is 1. The third kappa shape index (κ3) is 7.27. The molecule has 10 nitrogen and oxygen atoms in total. The van der Waals surface area contributed by atoms with Crippen LogP contribution in [0.3, 0.4) is 0 Å². The van der Waals surface area contributed by atoms with Crippen LogP contribution in [0.1, 0.15) is 58.8 Å². The summed E-state index contributed by atoms with van der Waals surface area (Å²) in [6, 6.07) is 3.16. The maximum Gasteiger partial charge on any atom is 0.331 e. The second-order valence-electron chi connectivity index (χ2n) is 9.19. The average molecular weight is 507 g/mol. The molecule has 198 valence electrons. The van der Waals surface area contributed by atoms with Crippen LogP contribution in [0.5, 0.6) is 5.75 Å². The van der Waals surface area contributed by atoms with E-state index in [-0.39, 0.29) is 53.6 Å². The summed E-state index contributed by atoms with van der Waals surface area (Å²) in [5.74, 6) is -0.820. The van der Waals surface area contributed by atoms with Crippen molar-refractivity contribution < 1.29 is 23.9 Å². The smallest absolute Gasteiger partial charge is 0.331 e. The molecule has 2 unspecified atom stereocenters. The molecule has 0 saturated heterocycles. The minimum absolute atomic E-state index is 0.0797. The SMILES string of the molecule is COc1ccc(F)cc1C(O)Cn1cc(/C(C)=N\OC(C)C)c(=O)n(CC(C)NC(=O)C(C)C)c1=O. The summed E-state index contributed by atoms with van der Waals surface area (Å²) in [5.41, 5.74) is -0.867. The standard InChI is InChI=1S/C25H35FN4O6/c1-14(2)23(32)27-16(5)11-30-24(33)20(17(6)28-36-15(3)4)12-29(25(30)34)13-21(31)19-10-18(26)8-9-22(19)35-7/h8-10,12,14-16,21,31H,11,13H2,1-7H3,(H,27,32)/b28-17-. The van der Waals surface area contributed by atoms with E-state index >= 15 is 0 Å². The fraction of sp³-hybridized carbons (Fsp3) is 0.520. The maximum atomic E-state index is 13.9. The molecule has 1 aromatic heterocycles. The number of nitrogens with one attached hydrogen (secondary N) is 1. The largest absolute Gasteiger partial charge is 0.496 e. The van der Waals surface area contributed by atoms with Gasteiger partial charge in [-0.05, 0) is 45.9 Å². The molecule has 0 aliphatic heterocycles. The summed E-state index contributed by atoms with van der Waals surface area (Å²) in [6.07, 6.45) is -0.272. The van der Waals surface area contributed by atoms with E-state index in [0.717, 1.165) is 15.2 Å². The number of halogens is 1. The lowest BCUT2D eigenvalue weighted by Gasteiger charge is -2.20. The molecule has 2 N–H and O–H groups in total. The van der Waals surface area contributed by atoms with Crippen molar-refractivity contribution in [2.24, 2.45) is 11.1 Å². The van der Waals surface area contributed by atoms with Crippen LogP contribution in [-0.4, -0.2) is 45.1 Å². The van der Waals surface area contributed by atoms with E-state index in [1.807, 2.05) is 0 Å². The minimum Gasteiger partial charge on any atom is -0.496 e. The van der Waals surface area contributed by atoms with Crippen LogP contribution in [0.2, 0.25) is 0 Å². The molecule has 1 heterocycles. The van der Waals surface area contributed by atoms with Crippen LogP contribution in [0.25, 0.3) is 0 Å². The number of amides is 1. The van der Waals surface area contributed by atoms with Crippen LogP contribution < -0.4 is 21.3 Å². The van der Waals surface area contributed by atoms with Crippen molar-refractivity contribution in [3.8, 4) is 5.75 Å². The van der Waals surface area contributed by atoms with Crippen molar-refractivity contribution in [3.63, 3.8) is 0 Å². The number of nitrogens with zero attached hydrogens (tertiary/aromatic N) is 3. The first-order chi connectivity index (χ1) is 16.8. The van der Waals surface area contributed by atoms with Crippen molar-refractivity contribution in [1.82, 2.24) is 14.5 Å². The number of hydrogen-bond acceptors (Lipinski definition) is 7. The predicted molar refractivity (Wildman–Crippen MR) is 134 cm³/mol. The van der Waals surface area contributed by atoms with Gasteiger partial charge in [-0.3, -0.25) is 18.7 Å². The van der Waals surface area contributed by atoms with Gasteiger partial charge in [0.2, 0.25) is 5.91 Å². The van der Waals surface area contributed by atoms with E-state index in [1.165, 1.54) is 25.4 Å². The number of ether oxygens (including phenoxy) is 1. The summed E-state index contributed by atoms with van der Waals surface area (Å²) in [5, 5.41) is 17.6. The molecule has 0 radical (unpaired) electrons. The first kappa shape index (κ1) is 28.8. The predicted octanol–water partition coefficient (Wildman–Crippen LogP) is 2.20. The van der Waals surface area contributed by atoms with Crippen molar-refractivity contribution in [3.05, 3.63) is 62.2 Å². The fourth-order valence-corrected chi connectivity index (χ4v) is 3.41. The summed E-state index contributed by atoms with van der Waals surface area (Å²) in [6.45, 7) is 9.86. The Labute approximate surface area is 209 Å². The van der Waals surface area contributed by atoms with Crippen LogP contribution in [0, 0.1) is 11.7 Å². The lowest BCUT2D eigenvalue weighted by Crippen LogP contribution is -2.48. The summed E-state index contributed by atoms with van der Waals surface area (Å²) in [7, 11) is 1.38. The fourth-order valence-electron chi connectivity index (χ4n) is 3.41. The Bertz CT molecular complexity index is 1220. The molecule has 2 rings (SSSR count). The minimum atomic E-state index is -1.32. The van der Waals surface area contributed by atoms with E-state index in [0.29, 0.717) is 0 Å². The molecule has 2 atom stereocenters. The van der Waals surface area contributed by atoms with Crippen molar-refractivity contribution in [1.29, 1.82) is 0 Å². The lowest BCUT2D eigenvalue weighted by molar-refractivity contribution is -0.124. The highest BCUT2D eigenvalue weighted by Gasteiger charge is 2.21. The van der Waals surface area contributed by atoms with Gasteiger partial charge in [0.1, 0.15) is 23.8 Å². The van der Waals surface area contributed by atoms with Crippen LogP contribution in [0.15, 0.2) is 39.1 Å². The number of oxime groups is 1. The van der Waals surface area contributed by atoms with Gasteiger partial charge >= 0.3 is 5.69 Å². The van der Waals surface area contributed by atoms with Gasteiger partial charge in [0, 0.05) is 23.7 Å². The van der Waals surface area contributed by atoms with Crippen molar-refractivity contribution in [2.75, 3.05) is 7.11 Å². The van der Waals surface area contributed by atoms with Crippen LogP contribution >= 0.6 is 0 Å². The highest BCUT2D eigenvalue weighted by Crippen LogP contribution is 2.26. The molecule has 0 spiro atoms. The molecule has 0 saturated carbocycles. The molecular formula is C25H35FN4O6. The highest BCUT2D eigenvalue weighted by atomic mass is 19.1. The lowest BCUT2D eigenvalue weighted by atomic mass is 10.1. The maximum absolute atomic E-state index is 13.9. The molecule has 36 heavy (non-hydrogen) atoms. The first-order valence-corrected chi connectivity index (χ1v) is 11.7. The van der Waals surface area contributed by atoms with Gasteiger partial charge in [-0.1, -0.05) is 19.0 Å². The van der Waals surface area contributed by atoms with E-state index in [4.69, 9.17) is 9.57 Å². The number of methoxy groups -OCH3 is 1. The van der Waals surface area contributed by atoms with Crippen LogP contribution in [-0.2, 0) is 22.7 Å². The van der Waals surface area contributed by atoms with Gasteiger partial charge < -0.3 is 20.0 Å². The first-order valence-electron chi connectivity index (χ1n) is 11.7. The van der Waals surface area contributed by atoms with Gasteiger partial charge in [-0.2, -0.15) is 0 Å². The number of aliphatic hydroxyl groups is 1. The third-order valence-electron chi connectivity index (χ3n) is 5.32. The number of hydrogen-bond donors (Lipinski definition) is 2. The second-order valence-corrected chi connectivity index (χ2v) is 9.19. The van der Waals surface area contributed by atoms with E-state index in [1.54, 1.807) is 41.5 Å². The molecule has 11 heteroatoms. The molecule has 0 aliphatic rings. The zero-order valence-electron chi connectivity index (χ0n) is 21.7. The molecular weight excluding hydrogens is 471 g/mol. The second kappa shape index (κ2) is 12.5. The summed E-state index contributed by atoms with van der Waals surface area (Å²) < 4.78 is 21.2. The highest BCUT2D eigenvalue weighted by molar-refractivity contribution is 5.97. The topological polar surface area (TPSA) is 124 Å². The average Bonchev–Trinajstić information content (AvgIpc) is 2.81. The number of aliphatic hydroxyl groups excluding tert-OH is 1. The zero-order valence-corrected chi connectivity index (χ0v) is 21.7. The van der Waals surface area contributed by atoms with Crippen molar-refractivity contribution >= 4 is 11.6 Å². The van der Waals surface area contributed by atoms with E-state index in [2.05, 4.69) is 10.5 Å². The molecule has 2 aromatic rings. The Morgan fingerprint density at radius 3 is 2.42 bits per heavy atom. The number of carbonyl (C=O) groups excluding carboxylic acids is 1. The normalized spacial score (nSPS) is 13.6. The van der Waals surface area contributed by atoms with Crippen molar-refractivity contribution in [2.45, 2.75) is 72.9 Å². The molecule has 0 bridgehead atoms.